The van der Waals surface area contributed by atoms with Crippen molar-refractivity contribution in [2.45, 2.75) is 6.43 Å². The molecule has 1 heterocycles. The van der Waals surface area contributed by atoms with Crippen molar-refractivity contribution in [3.8, 4) is 5.75 Å². The van der Waals surface area contributed by atoms with Crippen molar-refractivity contribution in [3.05, 3.63) is 21.5 Å². The number of hydrogen-bond acceptors (Lipinski definition) is 2. The number of methoxy groups -OCH3 is 1. The third kappa shape index (κ3) is 2.02. The molecule has 0 amide bonds. The maximum Gasteiger partial charge on any atom is 0.280 e. The van der Waals surface area contributed by atoms with E-state index in [2.05, 4.69) is 4.98 Å². The minimum absolute atomic E-state index is 0.222. The largest absolute Gasteiger partial charge is 0.494 e. The van der Waals surface area contributed by atoms with Crippen molar-refractivity contribution < 1.29 is 13.5 Å². The van der Waals surface area contributed by atoms with Crippen LogP contribution in [0.3, 0.4) is 0 Å². The molecule has 0 unspecified atom stereocenters. The van der Waals surface area contributed by atoms with Gasteiger partial charge in [0.05, 0.1) is 7.11 Å². The molecule has 0 aliphatic carbocycles. The lowest BCUT2D eigenvalue weighted by molar-refractivity contribution is 0.145. The van der Waals surface area contributed by atoms with Gasteiger partial charge in [0.1, 0.15) is 9.39 Å². The maximum atomic E-state index is 12.1. The fraction of sp³-hybridized carbons (Fsp3) is 0.286. The zero-order valence-electron chi connectivity index (χ0n) is 6.22. The fourth-order valence-electron chi connectivity index (χ4n) is 0.709. The standard InChI is InChI=1S/C7H6F2INO/c1-12-5-3-2-4(6(8)9)11-7(5)10/h2-3,6H,1H3. The SMILES string of the molecule is COc1ccc(C(F)F)nc1I. The number of pyridine rings is 1. The fourth-order valence-corrected chi connectivity index (χ4v) is 1.39. The molecule has 0 saturated heterocycles. The van der Waals surface area contributed by atoms with Crippen LogP contribution in [0.15, 0.2) is 12.1 Å². The molecule has 5 heteroatoms. The molecule has 0 aromatic carbocycles. The number of halogens is 3. The van der Waals surface area contributed by atoms with E-state index in [0.717, 1.165) is 0 Å². The lowest BCUT2D eigenvalue weighted by Crippen LogP contribution is -1.95. The number of rotatable bonds is 2. The number of hydrogen-bond donors (Lipinski definition) is 0. The van der Waals surface area contributed by atoms with Gasteiger partial charge in [-0.05, 0) is 34.7 Å². The molecule has 0 aliphatic heterocycles. The number of ether oxygens (including phenoxy) is 1. The molecule has 1 rings (SSSR count). The highest BCUT2D eigenvalue weighted by Crippen LogP contribution is 2.23. The molecule has 0 aliphatic rings. The lowest BCUT2D eigenvalue weighted by atomic mass is 10.3. The summed E-state index contributed by atoms with van der Waals surface area (Å²) in [6.07, 6.45) is -2.52. The van der Waals surface area contributed by atoms with Crippen molar-refractivity contribution in [1.82, 2.24) is 4.98 Å². The first kappa shape index (κ1) is 9.63. The van der Waals surface area contributed by atoms with Gasteiger partial charge >= 0.3 is 0 Å². The Labute approximate surface area is 82.1 Å². The van der Waals surface area contributed by atoms with Crippen molar-refractivity contribution in [1.29, 1.82) is 0 Å². The maximum absolute atomic E-state index is 12.1. The van der Waals surface area contributed by atoms with E-state index in [1.807, 2.05) is 22.6 Å². The van der Waals surface area contributed by atoms with Crippen LogP contribution in [0.5, 0.6) is 5.75 Å². The number of aromatic nitrogens is 1. The molecule has 0 spiro atoms. The summed E-state index contributed by atoms with van der Waals surface area (Å²) >= 11 is 1.85. The second-order valence-corrected chi connectivity index (χ2v) is 3.05. The summed E-state index contributed by atoms with van der Waals surface area (Å²) in [5, 5.41) is 0. The van der Waals surface area contributed by atoms with E-state index in [1.54, 1.807) is 0 Å². The van der Waals surface area contributed by atoms with Crippen LogP contribution in [0.1, 0.15) is 12.1 Å². The van der Waals surface area contributed by atoms with Crippen LogP contribution in [0.25, 0.3) is 0 Å². The second kappa shape index (κ2) is 3.97. The van der Waals surface area contributed by atoms with Gasteiger partial charge in [0.2, 0.25) is 0 Å². The average Bonchev–Trinajstić information content (AvgIpc) is 2.04. The molecule has 66 valence electrons. The van der Waals surface area contributed by atoms with Gasteiger partial charge in [0.15, 0.2) is 5.75 Å². The molecule has 1 aromatic rings. The zero-order chi connectivity index (χ0) is 9.14. The minimum Gasteiger partial charge on any atom is -0.494 e. The highest BCUT2D eigenvalue weighted by Gasteiger charge is 2.10. The molecule has 2 nitrogen and oxygen atoms in total. The summed E-state index contributed by atoms with van der Waals surface area (Å²) in [6.45, 7) is 0. The van der Waals surface area contributed by atoms with Crippen molar-refractivity contribution in [2.75, 3.05) is 7.11 Å². The van der Waals surface area contributed by atoms with Crippen LogP contribution >= 0.6 is 22.6 Å². The number of alkyl halides is 2. The van der Waals surface area contributed by atoms with Crippen LogP contribution in [0.4, 0.5) is 8.78 Å². The normalized spacial score (nSPS) is 10.4. The van der Waals surface area contributed by atoms with Crippen LogP contribution < -0.4 is 4.74 Å². The molecule has 12 heavy (non-hydrogen) atoms. The van der Waals surface area contributed by atoms with E-state index in [1.165, 1.54) is 19.2 Å². The van der Waals surface area contributed by atoms with E-state index in [0.29, 0.717) is 9.45 Å². The first-order chi connectivity index (χ1) is 5.65. The molecule has 0 bridgehead atoms. The van der Waals surface area contributed by atoms with Crippen LogP contribution in [-0.2, 0) is 0 Å². The molecule has 1 aromatic heterocycles. The minimum atomic E-state index is -2.52. The second-order valence-electron chi connectivity index (χ2n) is 2.03. The molecule has 0 N–H and O–H groups in total. The summed E-state index contributed by atoms with van der Waals surface area (Å²) < 4.78 is 29.5. The van der Waals surface area contributed by atoms with E-state index in [-0.39, 0.29) is 5.69 Å². The van der Waals surface area contributed by atoms with Crippen LogP contribution in [0.2, 0.25) is 0 Å². The molecule has 0 fully saturated rings. The summed E-state index contributed by atoms with van der Waals surface area (Å²) in [7, 11) is 1.47. The van der Waals surface area contributed by atoms with Gasteiger partial charge in [-0.25, -0.2) is 13.8 Å². The van der Waals surface area contributed by atoms with Gasteiger partial charge in [-0.1, -0.05) is 0 Å². The highest BCUT2D eigenvalue weighted by atomic mass is 127. The first-order valence-electron chi connectivity index (χ1n) is 3.13. The van der Waals surface area contributed by atoms with E-state index >= 15 is 0 Å². The summed E-state index contributed by atoms with van der Waals surface area (Å²) in [5.41, 5.74) is -0.222. The Balaban J connectivity index is 3.02. The molecule has 0 saturated carbocycles. The van der Waals surface area contributed by atoms with Gasteiger partial charge in [-0.2, -0.15) is 0 Å². The van der Waals surface area contributed by atoms with Crippen LogP contribution in [0, 0.1) is 3.70 Å². The first-order valence-corrected chi connectivity index (χ1v) is 4.21. The predicted molar refractivity (Wildman–Crippen MR) is 48.5 cm³/mol. The lowest BCUT2D eigenvalue weighted by Gasteiger charge is -2.03. The van der Waals surface area contributed by atoms with Crippen molar-refractivity contribution >= 4 is 22.6 Å². The van der Waals surface area contributed by atoms with E-state index in [4.69, 9.17) is 4.74 Å². The van der Waals surface area contributed by atoms with E-state index < -0.39 is 6.43 Å². The topological polar surface area (TPSA) is 22.1 Å². The Morgan fingerprint density at radius 2 is 2.17 bits per heavy atom. The highest BCUT2D eigenvalue weighted by molar-refractivity contribution is 14.1. The third-order valence-corrected chi connectivity index (χ3v) is 2.05. The van der Waals surface area contributed by atoms with Crippen LogP contribution in [-0.4, -0.2) is 12.1 Å². The zero-order valence-corrected chi connectivity index (χ0v) is 8.38. The molecule has 0 radical (unpaired) electrons. The van der Waals surface area contributed by atoms with Gasteiger partial charge in [0, 0.05) is 0 Å². The Hall–Kier alpha value is -0.460. The monoisotopic (exact) mass is 285 g/mol. The van der Waals surface area contributed by atoms with E-state index in [9.17, 15) is 8.78 Å². The van der Waals surface area contributed by atoms with Gasteiger partial charge in [0.25, 0.3) is 6.43 Å². The molecular formula is C7H6F2INO. The van der Waals surface area contributed by atoms with Crippen molar-refractivity contribution in [2.24, 2.45) is 0 Å². The summed E-state index contributed by atoms with van der Waals surface area (Å²) in [6, 6.07) is 2.74. The molecule has 0 atom stereocenters. The van der Waals surface area contributed by atoms with Gasteiger partial charge < -0.3 is 4.74 Å². The quantitative estimate of drug-likeness (QED) is 0.615. The predicted octanol–water partition coefficient (Wildman–Crippen LogP) is 2.63. The molecular weight excluding hydrogens is 279 g/mol. The Kier molecular flexibility index (Phi) is 3.19. The van der Waals surface area contributed by atoms with Gasteiger partial charge in [-0.15, -0.1) is 0 Å². The Morgan fingerprint density at radius 3 is 2.58 bits per heavy atom. The van der Waals surface area contributed by atoms with Crippen molar-refractivity contribution in [3.63, 3.8) is 0 Å². The summed E-state index contributed by atoms with van der Waals surface area (Å²) in [5.74, 6) is 0.514. The smallest absolute Gasteiger partial charge is 0.280 e. The Morgan fingerprint density at radius 1 is 1.50 bits per heavy atom. The summed E-state index contributed by atoms with van der Waals surface area (Å²) in [4.78, 5) is 3.66. The third-order valence-electron chi connectivity index (χ3n) is 1.28. The number of nitrogens with zero attached hydrogens (tertiary/aromatic N) is 1. The average molecular weight is 285 g/mol. The Bertz CT molecular complexity index is 280. The van der Waals surface area contributed by atoms with Gasteiger partial charge in [-0.3, -0.25) is 0 Å².